The molecule has 0 aliphatic heterocycles. The molecule has 4 nitrogen and oxygen atoms in total. The van der Waals surface area contributed by atoms with Crippen LogP contribution in [-0.4, -0.2) is 43.1 Å². The Morgan fingerprint density at radius 2 is 1.75 bits per heavy atom. The third-order valence-electron chi connectivity index (χ3n) is 2.97. The van der Waals surface area contributed by atoms with E-state index >= 15 is 0 Å². The summed E-state index contributed by atoms with van der Waals surface area (Å²) < 4.78 is 38.5. The molecule has 0 aliphatic rings. The predicted molar refractivity (Wildman–Crippen MR) is 75.0 cm³/mol. The molecule has 1 unspecified atom stereocenters. The molecule has 0 amide bonds. The van der Waals surface area contributed by atoms with Crippen LogP contribution in [0.25, 0.3) is 0 Å². The number of alkyl halides is 3. The van der Waals surface area contributed by atoms with Gasteiger partial charge in [0.15, 0.2) is 0 Å². The Morgan fingerprint density at radius 1 is 1.20 bits per heavy atom. The standard InChI is InChI=1S/C13H21F3N4/c1-5-17-11-6-10(13(14,15)16)7-12(19-11)18-8-9(2)20(3)4/h6-7,9H,5,8H2,1-4H3,(H2,17,18,19). The maximum atomic E-state index is 12.8. The van der Waals surface area contributed by atoms with Gasteiger partial charge in [0.25, 0.3) is 0 Å². The summed E-state index contributed by atoms with van der Waals surface area (Å²) in [6.07, 6.45) is -4.38. The number of aromatic nitrogens is 1. The van der Waals surface area contributed by atoms with Crippen LogP contribution in [0.2, 0.25) is 0 Å². The molecule has 0 aliphatic carbocycles. The van der Waals surface area contributed by atoms with E-state index in [9.17, 15) is 13.2 Å². The molecule has 1 aromatic rings. The average Bonchev–Trinajstić information content (AvgIpc) is 2.35. The van der Waals surface area contributed by atoms with E-state index in [4.69, 9.17) is 0 Å². The maximum Gasteiger partial charge on any atom is 0.416 e. The van der Waals surface area contributed by atoms with Crippen LogP contribution in [0.1, 0.15) is 19.4 Å². The Hall–Kier alpha value is -1.50. The second kappa shape index (κ2) is 6.78. The molecule has 0 aromatic carbocycles. The van der Waals surface area contributed by atoms with Crippen molar-refractivity contribution in [1.29, 1.82) is 0 Å². The molecule has 0 radical (unpaired) electrons. The van der Waals surface area contributed by atoms with Gasteiger partial charge in [-0.25, -0.2) is 4.98 Å². The van der Waals surface area contributed by atoms with E-state index in [1.807, 2.05) is 32.8 Å². The van der Waals surface area contributed by atoms with E-state index in [2.05, 4.69) is 15.6 Å². The van der Waals surface area contributed by atoms with Crippen LogP contribution in [-0.2, 0) is 6.18 Å². The molecular formula is C13H21F3N4. The minimum absolute atomic E-state index is 0.189. The first-order valence-electron chi connectivity index (χ1n) is 6.47. The first-order valence-corrected chi connectivity index (χ1v) is 6.47. The van der Waals surface area contributed by atoms with Crippen LogP contribution >= 0.6 is 0 Å². The van der Waals surface area contributed by atoms with E-state index in [1.54, 1.807) is 0 Å². The summed E-state index contributed by atoms with van der Waals surface area (Å²) in [7, 11) is 3.83. The first-order chi connectivity index (χ1) is 9.24. The molecule has 1 atom stereocenters. The highest BCUT2D eigenvalue weighted by atomic mass is 19.4. The van der Waals surface area contributed by atoms with Crippen LogP contribution in [0.5, 0.6) is 0 Å². The Morgan fingerprint density at radius 3 is 2.20 bits per heavy atom. The van der Waals surface area contributed by atoms with Gasteiger partial charge in [-0.05, 0) is 40.1 Å². The number of likely N-dealkylation sites (N-methyl/N-ethyl adjacent to an activating group) is 1. The summed E-state index contributed by atoms with van der Waals surface area (Å²) in [6, 6.07) is 2.24. The van der Waals surface area contributed by atoms with Gasteiger partial charge in [-0.15, -0.1) is 0 Å². The van der Waals surface area contributed by atoms with Crippen molar-refractivity contribution in [3.05, 3.63) is 17.7 Å². The zero-order valence-electron chi connectivity index (χ0n) is 12.2. The van der Waals surface area contributed by atoms with Crippen molar-refractivity contribution in [3.63, 3.8) is 0 Å². The molecule has 1 heterocycles. The van der Waals surface area contributed by atoms with Crippen LogP contribution in [0.15, 0.2) is 12.1 Å². The lowest BCUT2D eigenvalue weighted by Gasteiger charge is -2.21. The van der Waals surface area contributed by atoms with E-state index in [1.165, 1.54) is 0 Å². The molecule has 114 valence electrons. The van der Waals surface area contributed by atoms with Crippen LogP contribution < -0.4 is 10.6 Å². The largest absolute Gasteiger partial charge is 0.416 e. The zero-order chi connectivity index (χ0) is 15.3. The van der Waals surface area contributed by atoms with Gasteiger partial charge in [0.2, 0.25) is 0 Å². The lowest BCUT2D eigenvalue weighted by molar-refractivity contribution is -0.137. The van der Waals surface area contributed by atoms with E-state index in [0.717, 1.165) is 12.1 Å². The third kappa shape index (κ3) is 4.88. The Kier molecular flexibility index (Phi) is 5.62. The number of rotatable bonds is 6. The van der Waals surface area contributed by atoms with Crippen molar-refractivity contribution in [2.45, 2.75) is 26.1 Å². The van der Waals surface area contributed by atoms with Crippen LogP contribution in [0.4, 0.5) is 24.8 Å². The number of nitrogens with one attached hydrogen (secondary N) is 2. The van der Waals surface area contributed by atoms with Crippen molar-refractivity contribution in [2.75, 3.05) is 37.8 Å². The van der Waals surface area contributed by atoms with Crippen LogP contribution in [0.3, 0.4) is 0 Å². The van der Waals surface area contributed by atoms with Crippen molar-refractivity contribution < 1.29 is 13.2 Å². The molecule has 0 saturated carbocycles. The number of nitrogens with zero attached hydrogens (tertiary/aromatic N) is 2. The predicted octanol–water partition coefficient (Wildman–Crippen LogP) is 2.89. The molecule has 7 heteroatoms. The monoisotopic (exact) mass is 290 g/mol. The smallest absolute Gasteiger partial charge is 0.370 e. The van der Waals surface area contributed by atoms with E-state index < -0.39 is 11.7 Å². The Balaban J connectivity index is 2.91. The maximum absolute atomic E-state index is 12.8. The minimum atomic E-state index is -4.38. The topological polar surface area (TPSA) is 40.2 Å². The second-order valence-corrected chi connectivity index (χ2v) is 4.85. The first kappa shape index (κ1) is 16.6. The van der Waals surface area contributed by atoms with E-state index in [-0.39, 0.29) is 17.7 Å². The number of pyridine rings is 1. The van der Waals surface area contributed by atoms with Gasteiger partial charge in [0.05, 0.1) is 5.56 Å². The minimum Gasteiger partial charge on any atom is -0.370 e. The summed E-state index contributed by atoms with van der Waals surface area (Å²) in [5.74, 6) is 0.451. The highest BCUT2D eigenvalue weighted by Crippen LogP contribution is 2.32. The second-order valence-electron chi connectivity index (χ2n) is 4.85. The molecule has 0 saturated heterocycles. The van der Waals surface area contributed by atoms with Gasteiger partial charge < -0.3 is 15.5 Å². The number of hydrogen-bond donors (Lipinski definition) is 2. The highest BCUT2D eigenvalue weighted by molar-refractivity contribution is 5.49. The molecule has 20 heavy (non-hydrogen) atoms. The van der Waals surface area contributed by atoms with Gasteiger partial charge in [-0.2, -0.15) is 13.2 Å². The molecule has 1 aromatic heterocycles. The molecule has 0 fully saturated rings. The quantitative estimate of drug-likeness (QED) is 0.845. The number of anilines is 2. The summed E-state index contributed by atoms with van der Waals surface area (Å²) in [5.41, 5.74) is -0.705. The molecule has 1 rings (SSSR count). The fraction of sp³-hybridized carbons (Fsp3) is 0.615. The van der Waals surface area contributed by atoms with Crippen LogP contribution in [0, 0.1) is 0 Å². The fourth-order valence-electron chi connectivity index (χ4n) is 1.49. The van der Waals surface area contributed by atoms with Gasteiger partial charge in [-0.1, -0.05) is 0 Å². The van der Waals surface area contributed by atoms with Gasteiger partial charge >= 0.3 is 6.18 Å². The zero-order valence-corrected chi connectivity index (χ0v) is 12.2. The number of hydrogen-bond acceptors (Lipinski definition) is 4. The van der Waals surface area contributed by atoms with Crippen molar-refractivity contribution >= 4 is 11.6 Å². The average molecular weight is 290 g/mol. The van der Waals surface area contributed by atoms with Gasteiger partial charge in [0.1, 0.15) is 11.6 Å². The molecule has 0 spiro atoms. The van der Waals surface area contributed by atoms with Gasteiger partial charge in [-0.3, -0.25) is 0 Å². The summed E-state index contributed by atoms with van der Waals surface area (Å²) >= 11 is 0. The van der Waals surface area contributed by atoms with Gasteiger partial charge in [0, 0.05) is 19.1 Å². The van der Waals surface area contributed by atoms with Crippen molar-refractivity contribution in [2.24, 2.45) is 0 Å². The summed E-state index contributed by atoms with van der Waals surface area (Å²) in [5, 5.41) is 5.75. The molecule has 0 bridgehead atoms. The lowest BCUT2D eigenvalue weighted by Crippen LogP contribution is -2.31. The Labute approximate surface area is 117 Å². The normalized spacial score (nSPS) is 13.4. The van der Waals surface area contributed by atoms with Crippen molar-refractivity contribution in [1.82, 2.24) is 9.88 Å². The summed E-state index contributed by atoms with van der Waals surface area (Å²) in [6.45, 7) is 4.82. The highest BCUT2D eigenvalue weighted by Gasteiger charge is 2.31. The summed E-state index contributed by atoms with van der Waals surface area (Å²) in [4.78, 5) is 6.11. The van der Waals surface area contributed by atoms with Crippen molar-refractivity contribution in [3.8, 4) is 0 Å². The molecular weight excluding hydrogens is 269 g/mol. The third-order valence-corrected chi connectivity index (χ3v) is 2.97. The molecule has 2 N–H and O–H groups in total. The fourth-order valence-corrected chi connectivity index (χ4v) is 1.49. The number of halogens is 3. The lowest BCUT2D eigenvalue weighted by atomic mass is 10.2. The SMILES string of the molecule is CCNc1cc(C(F)(F)F)cc(NCC(C)N(C)C)n1. The Bertz CT molecular complexity index is 432. The van der Waals surface area contributed by atoms with E-state index in [0.29, 0.717) is 13.1 Å².